The summed E-state index contributed by atoms with van der Waals surface area (Å²) in [5, 5.41) is 0. The normalized spacial score (nSPS) is 18.0. The van der Waals surface area contributed by atoms with E-state index in [0.717, 1.165) is 20.6 Å². The molecule has 1 aromatic heterocycles. The Balaban J connectivity index is 1.81. The summed E-state index contributed by atoms with van der Waals surface area (Å²) < 4.78 is 13.2. The Kier molecular flexibility index (Phi) is 5.33. The minimum Gasteiger partial charge on any atom is -0.496 e. The second-order valence-corrected chi connectivity index (χ2v) is 9.71. The van der Waals surface area contributed by atoms with Crippen LogP contribution in [0, 0.1) is 0 Å². The maximum Gasteiger partial charge on any atom is 0.447 e. The summed E-state index contributed by atoms with van der Waals surface area (Å²) in [7, 11) is 1.61. The van der Waals surface area contributed by atoms with E-state index in [0.29, 0.717) is 16.6 Å². The second kappa shape index (κ2) is 7.81. The van der Waals surface area contributed by atoms with Crippen LogP contribution in [0.4, 0.5) is 0 Å². The molecule has 3 aromatic rings. The summed E-state index contributed by atoms with van der Waals surface area (Å²) in [6.07, 6.45) is -0.579. The zero-order valence-electron chi connectivity index (χ0n) is 16.8. The van der Waals surface area contributed by atoms with Gasteiger partial charge in [0.2, 0.25) is 0 Å². The molecule has 1 aliphatic heterocycles. The summed E-state index contributed by atoms with van der Waals surface area (Å²) in [4.78, 5) is 27.7. The molecule has 0 unspecified atom stereocenters. The van der Waals surface area contributed by atoms with Crippen molar-refractivity contribution >= 4 is 28.3 Å². The Morgan fingerprint density at radius 2 is 1.77 bits per heavy atom. The number of ether oxygens (including phenoxy) is 1. The van der Waals surface area contributed by atoms with Crippen LogP contribution in [0.15, 0.2) is 68.7 Å². The summed E-state index contributed by atoms with van der Waals surface area (Å²) in [6, 6.07) is 16.4. The number of aromatic nitrogens is 2. The summed E-state index contributed by atoms with van der Waals surface area (Å²) in [6.45, 7) is 4.36. The molecule has 2 heterocycles. The van der Waals surface area contributed by atoms with Crippen LogP contribution >= 0.6 is 24.0 Å². The highest BCUT2D eigenvalue weighted by molar-refractivity contribution is 8.24. The first-order valence-corrected chi connectivity index (χ1v) is 10.6. The van der Waals surface area contributed by atoms with Gasteiger partial charge in [0.15, 0.2) is 6.17 Å². The molecule has 0 radical (unpaired) electrons. The van der Waals surface area contributed by atoms with E-state index in [9.17, 15) is 9.59 Å². The van der Waals surface area contributed by atoms with Gasteiger partial charge in [0.1, 0.15) is 10.1 Å². The van der Waals surface area contributed by atoms with Crippen LogP contribution in [-0.2, 0) is 6.54 Å². The molecular weight excluding hydrogens is 422 g/mol. The minimum absolute atomic E-state index is 0.413. The lowest BCUT2D eigenvalue weighted by molar-refractivity contribution is 0.0861. The van der Waals surface area contributed by atoms with Gasteiger partial charge in [-0.2, -0.15) is 4.57 Å². The van der Waals surface area contributed by atoms with Crippen LogP contribution in [0.25, 0.3) is 5.69 Å². The maximum absolute atomic E-state index is 13.2. The molecule has 0 spiro atoms. The van der Waals surface area contributed by atoms with Gasteiger partial charge in [0.05, 0.1) is 24.1 Å². The van der Waals surface area contributed by atoms with E-state index in [1.807, 2.05) is 49.1 Å². The highest BCUT2D eigenvalue weighted by Crippen LogP contribution is 2.47. The fraction of sp³-hybridized carbons (Fsp3) is 0.286. The van der Waals surface area contributed by atoms with Crippen LogP contribution in [0.5, 0.6) is 5.75 Å². The molecular formula is C21H21N3O4S2. The predicted molar refractivity (Wildman–Crippen MR) is 120 cm³/mol. The number of rotatable bonds is 5. The molecule has 1 atom stereocenters. The van der Waals surface area contributed by atoms with Crippen LogP contribution in [0.2, 0.25) is 0 Å². The zero-order valence-corrected chi connectivity index (χ0v) is 18.4. The highest BCUT2D eigenvalue weighted by Gasteiger charge is 2.48. The Morgan fingerprint density at radius 3 is 2.47 bits per heavy atom. The van der Waals surface area contributed by atoms with Crippen molar-refractivity contribution in [3.05, 3.63) is 81.2 Å². The Hall–Kier alpha value is -2.78. The van der Waals surface area contributed by atoms with E-state index in [4.69, 9.17) is 21.5 Å². The van der Waals surface area contributed by atoms with E-state index in [-0.39, 0.29) is 0 Å². The Bertz CT molecular complexity index is 1200. The molecule has 1 fully saturated rings. The number of nitrogens with zero attached hydrogens (tertiary/aromatic N) is 3. The number of para-hydroxylation sites is 2. The maximum atomic E-state index is 13.2. The van der Waals surface area contributed by atoms with Crippen molar-refractivity contribution in [3.8, 4) is 11.4 Å². The molecule has 0 aliphatic carbocycles. The van der Waals surface area contributed by atoms with Crippen molar-refractivity contribution in [2.45, 2.75) is 31.3 Å². The van der Waals surface area contributed by atoms with Crippen molar-refractivity contribution in [2.24, 2.45) is 0 Å². The lowest BCUT2D eigenvalue weighted by atomic mass is 10.1. The number of hydrogen-bond acceptors (Lipinski definition) is 6. The van der Waals surface area contributed by atoms with Gasteiger partial charge in [-0.1, -0.05) is 60.4 Å². The first-order valence-electron chi connectivity index (χ1n) is 9.35. The Morgan fingerprint density at radius 1 is 1.10 bits per heavy atom. The molecule has 1 aliphatic rings. The Labute approximate surface area is 182 Å². The number of methoxy groups -OCH3 is 1. The monoisotopic (exact) mass is 443 g/mol. The summed E-state index contributed by atoms with van der Waals surface area (Å²) >= 11 is 7.10. The van der Waals surface area contributed by atoms with Crippen molar-refractivity contribution in [2.75, 3.05) is 7.11 Å². The van der Waals surface area contributed by atoms with E-state index < -0.39 is 22.4 Å². The standard InChI is InChI=1S/C21H21N3O4S2/c1-21(2)17(22(20(29)30-21)13-14-9-7-8-12-16(14)27-3)24-18(25)23(19(26)28-24)15-10-5-4-6-11-15/h4-12,17H,13H2,1-3H3/t17-/m1/s1. The average Bonchev–Trinajstić information content (AvgIpc) is 3.13. The third-order valence-electron chi connectivity index (χ3n) is 5.01. The third-order valence-corrected chi connectivity index (χ3v) is 6.64. The van der Waals surface area contributed by atoms with Crippen LogP contribution in [-0.4, -0.2) is 30.4 Å². The third kappa shape index (κ3) is 3.48. The van der Waals surface area contributed by atoms with Crippen molar-refractivity contribution in [3.63, 3.8) is 0 Å². The summed E-state index contributed by atoms with van der Waals surface area (Å²) in [5.74, 6) is -0.00790. The molecule has 7 nitrogen and oxygen atoms in total. The lowest BCUT2D eigenvalue weighted by Gasteiger charge is -2.30. The quantitative estimate of drug-likeness (QED) is 0.560. The van der Waals surface area contributed by atoms with E-state index >= 15 is 0 Å². The van der Waals surface area contributed by atoms with Crippen molar-refractivity contribution in [1.29, 1.82) is 0 Å². The minimum atomic E-state index is -0.734. The van der Waals surface area contributed by atoms with Gasteiger partial charge in [-0.3, -0.25) is 0 Å². The van der Waals surface area contributed by atoms with Crippen LogP contribution in [0.1, 0.15) is 25.6 Å². The first-order chi connectivity index (χ1) is 14.3. The molecule has 9 heteroatoms. The van der Waals surface area contributed by atoms with Gasteiger partial charge >= 0.3 is 11.4 Å². The van der Waals surface area contributed by atoms with Crippen LogP contribution < -0.4 is 16.2 Å². The molecule has 0 N–H and O–H groups in total. The highest BCUT2D eigenvalue weighted by atomic mass is 32.2. The molecule has 2 aromatic carbocycles. The van der Waals surface area contributed by atoms with E-state index in [1.165, 1.54) is 11.8 Å². The zero-order chi connectivity index (χ0) is 21.5. The van der Waals surface area contributed by atoms with E-state index in [2.05, 4.69) is 0 Å². The number of thioether (sulfide) groups is 1. The van der Waals surface area contributed by atoms with Gasteiger partial charge < -0.3 is 14.2 Å². The summed E-state index contributed by atoms with van der Waals surface area (Å²) in [5.41, 5.74) is 0.834. The van der Waals surface area contributed by atoms with Crippen LogP contribution in [0.3, 0.4) is 0 Å². The first kappa shape index (κ1) is 20.5. The van der Waals surface area contributed by atoms with Crippen molar-refractivity contribution < 1.29 is 9.26 Å². The van der Waals surface area contributed by atoms with E-state index in [1.54, 1.807) is 31.4 Å². The molecule has 0 amide bonds. The molecule has 156 valence electrons. The molecule has 4 rings (SSSR count). The van der Waals surface area contributed by atoms with Gasteiger partial charge in [0.25, 0.3) is 0 Å². The van der Waals surface area contributed by atoms with Gasteiger partial charge in [-0.05, 0) is 32.0 Å². The average molecular weight is 444 g/mol. The fourth-order valence-corrected chi connectivity index (χ4v) is 5.55. The molecule has 1 saturated heterocycles. The topological polar surface area (TPSA) is 69.6 Å². The smallest absolute Gasteiger partial charge is 0.447 e. The van der Waals surface area contributed by atoms with Crippen molar-refractivity contribution in [1.82, 2.24) is 14.2 Å². The second-order valence-electron chi connectivity index (χ2n) is 7.42. The fourth-order valence-electron chi connectivity index (χ4n) is 3.68. The SMILES string of the molecule is COc1ccccc1CN1C(=S)SC(C)(C)[C@H]1n1oc(=O)n(-c2ccccc2)c1=O. The lowest BCUT2D eigenvalue weighted by Crippen LogP contribution is -2.42. The predicted octanol–water partition coefficient (Wildman–Crippen LogP) is 3.41. The number of hydrogen-bond donors (Lipinski definition) is 0. The molecule has 0 bridgehead atoms. The largest absolute Gasteiger partial charge is 0.496 e. The molecule has 0 saturated carbocycles. The molecule has 30 heavy (non-hydrogen) atoms. The number of thiocarbonyl (C=S) groups is 1. The van der Waals surface area contributed by atoms with Gasteiger partial charge in [-0.25, -0.2) is 9.59 Å². The van der Waals surface area contributed by atoms with Gasteiger partial charge in [0, 0.05) is 5.56 Å². The number of benzene rings is 2. The van der Waals surface area contributed by atoms with Gasteiger partial charge in [-0.15, -0.1) is 4.74 Å².